The summed E-state index contributed by atoms with van der Waals surface area (Å²) in [4.78, 5) is 0. The SMILES string of the molecule is CC#CC1(COS(C)(=O)=O)CC1. The summed E-state index contributed by atoms with van der Waals surface area (Å²) >= 11 is 0. The van der Waals surface area contributed by atoms with Crippen molar-refractivity contribution < 1.29 is 12.6 Å². The summed E-state index contributed by atoms with van der Waals surface area (Å²) in [6.45, 7) is 1.97. The minimum absolute atomic E-state index is 0.155. The van der Waals surface area contributed by atoms with E-state index < -0.39 is 10.1 Å². The van der Waals surface area contributed by atoms with Gasteiger partial charge in [0.25, 0.3) is 10.1 Å². The largest absolute Gasteiger partial charge is 0.269 e. The van der Waals surface area contributed by atoms with Gasteiger partial charge in [-0.1, -0.05) is 5.92 Å². The van der Waals surface area contributed by atoms with E-state index in [4.69, 9.17) is 0 Å². The van der Waals surface area contributed by atoms with Crippen LogP contribution in [0.15, 0.2) is 0 Å². The zero-order valence-electron chi connectivity index (χ0n) is 7.25. The van der Waals surface area contributed by atoms with Gasteiger partial charge in [-0.05, 0) is 19.8 Å². The summed E-state index contributed by atoms with van der Waals surface area (Å²) in [6.07, 6.45) is 2.95. The van der Waals surface area contributed by atoms with Crippen molar-refractivity contribution in [2.24, 2.45) is 5.41 Å². The predicted molar refractivity (Wildman–Crippen MR) is 45.9 cm³/mol. The third kappa shape index (κ3) is 2.84. The maximum absolute atomic E-state index is 10.6. The molecule has 1 aliphatic carbocycles. The first kappa shape index (κ1) is 9.56. The smallest absolute Gasteiger partial charge is 0.264 e. The lowest BCUT2D eigenvalue weighted by Crippen LogP contribution is -2.12. The van der Waals surface area contributed by atoms with Crippen molar-refractivity contribution in [2.75, 3.05) is 12.9 Å². The van der Waals surface area contributed by atoms with E-state index >= 15 is 0 Å². The van der Waals surface area contributed by atoms with Gasteiger partial charge in [0.2, 0.25) is 0 Å². The van der Waals surface area contributed by atoms with E-state index in [9.17, 15) is 8.42 Å². The highest BCUT2D eigenvalue weighted by Crippen LogP contribution is 2.45. The van der Waals surface area contributed by atoms with E-state index in [2.05, 4.69) is 16.0 Å². The summed E-state index contributed by atoms with van der Waals surface area (Å²) in [5.74, 6) is 5.75. The second kappa shape index (κ2) is 3.08. The van der Waals surface area contributed by atoms with E-state index in [1.54, 1.807) is 6.92 Å². The average Bonchev–Trinajstić information content (AvgIpc) is 2.65. The Hall–Kier alpha value is -0.530. The summed E-state index contributed by atoms with van der Waals surface area (Å²) in [5, 5.41) is 0. The molecule has 0 bridgehead atoms. The van der Waals surface area contributed by atoms with Crippen molar-refractivity contribution in [1.82, 2.24) is 0 Å². The van der Waals surface area contributed by atoms with Gasteiger partial charge in [-0.15, -0.1) is 5.92 Å². The van der Waals surface area contributed by atoms with E-state index in [1.807, 2.05) is 0 Å². The molecule has 3 nitrogen and oxygen atoms in total. The third-order valence-corrected chi connectivity index (χ3v) is 2.34. The molecule has 4 heteroatoms. The fourth-order valence-corrected chi connectivity index (χ4v) is 1.38. The van der Waals surface area contributed by atoms with Crippen LogP contribution in [0.4, 0.5) is 0 Å². The van der Waals surface area contributed by atoms with Gasteiger partial charge in [0.15, 0.2) is 0 Å². The molecule has 0 spiro atoms. The zero-order valence-corrected chi connectivity index (χ0v) is 8.07. The molecule has 68 valence electrons. The molecule has 0 aliphatic heterocycles. The molecule has 1 aliphatic rings. The van der Waals surface area contributed by atoms with Gasteiger partial charge in [-0.3, -0.25) is 4.18 Å². The van der Waals surface area contributed by atoms with Crippen molar-refractivity contribution in [3.05, 3.63) is 0 Å². The lowest BCUT2D eigenvalue weighted by molar-refractivity contribution is 0.277. The molecule has 1 rings (SSSR count). The molecule has 0 unspecified atom stereocenters. The summed E-state index contributed by atoms with van der Waals surface area (Å²) in [5.41, 5.74) is -0.155. The van der Waals surface area contributed by atoms with Gasteiger partial charge < -0.3 is 0 Å². The van der Waals surface area contributed by atoms with Crippen LogP contribution in [0.3, 0.4) is 0 Å². The Balaban J connectivity index is 2.46. The summed E-state index contributed by atoms with van der Waals surface area (Å²) in [7, 11) is -3.30. The highest BCUT2D eigenvalue weighted by atomic mass is 32.2. The molecule has 0 aromatic heterocycles. The van der Waals surface area contributed by atoms with Gasteiger partial charge >= 0.3 is 0 Å². The normalized spacial score (nSPS) is 19.5. The van der Waals surface area contributed by atoms with E-state index in [0.29, 0.717) is 0 Å². The van der Waals surface area contributed by atoms with E-state index in [1.165, 1.54) is 0 Å². The Morgan fingerprint density at radius 2 is 2.08 bits per heavy atom. The zero-order chi connectivity index (χ0) is 9.24. The third-order valence-electron chi connectivity index (χ3n) is 1.79. The Morgan fingerprint density at radius 1 is 1.50 bits per heavy atom. The standard InChI is InChI=1S/C8H12O3S/c1-3-4-8(5-6-8)7-11-12(2,9)10/h5-7H2,1-2H3. The molecule has 1 saturated carbocycles. The first-order chi connectivity index (χ1) is 5.47. The molecule has 0 aromatic rings. The van der Waals surface area contributed by atoms with Crippen LogP contribution in [0.2, 0.25) is 0 Å². The van der Waals surface area contributed by atoms with E-state index in [-0.39, 0.29) is 12.0 Å². The molecule has 0 heterocycles. The lowest BCUT2D eigenvalue weighted by Gasteiger charge is -2.05. The summed E-state index contributed by atoms with van der Waals surface area (Å²) < 4.78 is 26.0. The Labute approximate surface area is 73.2 Å². The highest BCUT2D eigenvalue weighted by molar-refractivity contribution is 7.85. The molecule has 1 fully saturated rings. The number of rotatable bonds is 3. The van der Waals surface area contributed by atoms with Crippen molar-refractivity contribution in [2.45, 2.75) is 19.8 Å². The monoisotopic (exact) mass is 188 g/mol. The van der Waals surface area contributed by atoms with Gasteiger partial charge in [0, 0.05) is 0 Å². The van der Waals surface area contributed by atoms with Crippen LogP contribution in [-0.2, 0) is 14.3 Å². The average molecular weight is 188 g/mol. The molecular formula is C8H12O3S. The number of hydrogen-bond acceptors (Lipinski definition) is 3. The van der Waals surface area contributed by atoms with Crippen LogP contribution >= 0.6 is 0 Å². The van der Waals surface area contributed by atoms with Gasteiger partial charge in [-0.2, -0.15) is 8.42 Å². The molecule has 0 amide bonds. The van der Waals surface area contributed by atoms with Crippen LogP contribution in [0.1, 0.15) is 19.8 Å². The molecule has 12 heavy (non-hydrogen) atoms. The Morgan fingerprint density at radius 3 is 2.42 bits per heavy atom. The lowest BCUT2D eigenvalue weighted by atomic mass is 10.1. The fraction of sp³-hybridized carbons (Fsp3) is 0.750. The Bertz CT molecular complexity index is 314. The Kier molecular flexibility index (Phi) is 2.45. The van der Waals surface area contributed by atoms with Gasteiger partial charge in [0.1, 0.15) is 0 Å². The van der Waals surface area contributed by atoms with Crippen molar-refractivity contribution in [3.8, 4) is 11.8 Å². The van der Waals surface area contributed by atoms with Gasteiger partial charge in [-0.25, -0.2) is 0 Å². The predicted octanol–water partition coefficient (Wildman–Crippen LogP) is 0.766. The van der Waals surface area contributed by atoms with Crippen molar-refractivity contribution in [1.29, 1.82) is 0 Å². The number of hydrogen-bond donors (Lipinski definition) is 0. The molecule has 0 saturated heterocycles. The summed E-state index contributed by atoms with van der Waals surface area (Å²) in [6, 6.07) is 0. The van der Waals surface area contributed by atoms with Crippen molar-refractivity contribution >= 4 is 10.1 Å². The molecule has 0 radical (unpaired) electrons. The minimum atomic E-state index is -3.30. The van der Waals surface area contributed by atoms with E-state index in [0.717, 1.165) is 19.1 Å². The van der Waals surface area contributed by atoms with Crippen LogP contribution < -0.4 is 0 Å². The first-order valence-corrected chi connectivity index (χ1v) is 5.57. The fourth-order valence-electron chi connectivity index (χ4n) is 0.941. The van der Waals surface area contributed by atoms with Gasteiger partial charge in [0.05, 0.1) is 18.3 Å². The first-order valence-electron chi connectivity index (χ1n) is 3.76. The molecular weight excluding hydrogens is 176 g/mol. The van der Waals surface area contributed by atoms with Crippen LogP contribution in [-0.4, -0.2) is 21.3 Å². The van der Waals surface area contributed by atoms with Crippen molar-refractivity contribution in [3.63, 3.8) is 0 Å². The quantitative estimate of drug-likeness (QED) is 0.485. The molecule has 0 N–H and O–H groups in total. The van der Waals surface area contributed by atoms with Crippen LogP contribution in [0.25, 0.3) is 0 Å². The topological polar surface area (TPSA) is 43.4 Å². The van der Waals surface area contributed by atoms with Crippen LogP contribution in [0.5, 0.6) is 0 Å². The second-order valence-electron chi connectivity index (χ2n) is 3.12. The second-order valence-corrected chi connectivity index (χ2v) is 4.77. The molecule has 0 aromatic carbocycles. The highest BCUT2D eigenvalue weighted by Gasteiger charge is 2.42. The maximum atomic E-state index is 10.6. The van der Waals surface area contributed by atoms with Crippen LogP contribution in [0, 0.1) is 17.3 Å². The maximum Gasteiger partial charge on any atom is 0.264 e. The minimum Gasteiger partial charge on any atom is -0.269 e. The molecule has 0 atom stereocenters.